The molecule has 0 saturated carbocycles. The average Bonchev–Trinajstić information content (AvgIpc) is 2.90. The molecule has 0 fully saturated rings. The molecule has 230 valence electrons. The van der Waals surface area contributed by atoms with Gasteiger partial charge in [0.1, 0.15) is 12.7 Å². The largest absolute Gasteiger partial charge is 0.462 e. The molecular formula is C34H65NO4. The summed E-state index contributed by atoms with van der Waals surface area (Å²) in [4.78, 5) is 26.3. The summed E-state index contributed by atoms with van der Waals surface area (Å²) >= 11 is 0. The second kappa shape index (κ2) is 29.6. The zero-order valence-corrected chi connectivity index (χ0v) is 26.5. The quantitative estimate of drug-likeness (QED) is 0.0526. The second-order valence-electron chi connectivity index (χ2n) is 11.6. The van der Waals surface area contributed by atoms with Crippen molar-refractivity contribution in [2.45, 2.75) is 168 Å². The molecule has 1 unspecified atom stereocenters. The molecule has 0 aliphatic rings. The molecule has 0 aromatic heterocycles. The predicted molar refractivity (Wildman–Crippen MR) is 166 cm³/mol. The number of unbranched alkanes of at least 4 members (excludes halogenated alkanes) is 15. The summed E-state index contributed by atoms with van der Waals surface area (Å²) in [7, 11) is 4.08. The monoisotopic (exact) mass is 551 g/mol. The Bertz CT molecular complexity index is 576. The highest BCUT2D eigenvalue weighted by Crippen LogP contribution is 2.18. The van der Waals surface area contributed by atoms with Crippen molar-refractivity contribution in [3.8, 4) is 0 Å². The maximum atomic E-state index is 12.4. The summed E-state index contributed by atoms with van der Waals surface area (Å²) in [5.41, 5.74) is 0. The maximum absolute atomic E-state index is 12.4. The van der Waals surface area contributed by atoms with E-state index in [4.69, 9.17) is 9.47 Å². The third-order valence-electron chi connectivity index (χ3n) is 7.30. The summed E-state index contributed by atoms with van der Waals surface area (Å²) in [6.07, 6.45) is 29.9. The van der Waals surface area contributed by atoms with Crippen LogP contribution in [0.4, 0.5) is 0 Å². The standard InChI is InChI=1S/C34H65NO4/c1-5-7-9-11-14-17-21-26-32(39-34(37)29-25-30-35(3)4)27-22-18-15-12-13-16-19-23-28-33(36)38-31-24-20-10-8-6-2/h20,24,32H,5-19,21-23,25-31H2,1-4H3. The fraction of sp³-hybridized carbons (Fsp3) is 0.882. The van der Waals surface area contributed by atoms with Crippen LogP contribution < -0.4 is 0 Å². The molecule has 0 rings (SSSR count). The minimum Gasteiger partial charge on any atom is -0.462 e. The van der Waals surface area contributed by atoms with Gasteiger partial charge in [-0.3, -0.25) is 9.59 Å². The van der Waals surface area contributed by atoms with Crippen LogP contribution in [0.3, 0.4) is 0 Å². The Morgan fingerprint density at radius 2 is 1.13 bits per heavy atom. The van der Waals surface area contributed by atoms with Gasteiger partial charge in [-0.15, -0.1) is 0 Å². The number of hydrogen-bond acceptors (Lipinski definition) is 5. The molecule has 0 heterocycles. The molecule has 0 spiro atoms. The van der Waals surface area contributed by atoms with Crippen molar-refractivity contribution < 1.29 is 19.1 Å². The first kappa shape index (κ1) is 37.6. The highest BCUT2D eigenvalue weighted by Gasteiger charge is 2.14. The van der Waals surface area contributed by atoms with E-state index in [9.17, 15) is 9.59 Å². The lowest BCUT2D eigenvalue weighted by Gasteiger charge is -2.18. The smallest absolute Gasteiger partial charge is 0.306 e. The number of hydrogen-bond donors (Lipinski definition) is 0. The molecule has 5 nitrogen and oxygen atoms in total. The van der Waals surface area contributed by atoms with E-state index in [1.54, 1.807) is 0 Å². The van der Waals surface area contributed by atoms with Gasteiger partial charge in [0.15, 0.2) is 0 Å². The van der Waals surface area contributed by atoms with Gasteiger partial charge in [0.25, 0.3) is 0 Å². The van der Waals surface area contributed by atoms with Crippen molar-refractivity contribution in [3.63, 3.8) is 0 Å². The summed E-state index contributed by atoms with van der Waals surface area (Å²) in [5.74, 6) is -0.0864. The van der Waals surface area contributed by atoms with Crippen LogP contribution in [0.15, 0.2) is 12.2 Å². The Morgan fingerprint density at radius 3 is 1.69 bits per heavy atom. The summed E-state index contributed by atoms with van der Waals surface area (Å²) in [6, 6.07) is 0. The van der Waals surface area contributed by atoms with Crippen molar-refractivity contribution >= 4 is 11.9 Å². The van der Waals surface area contributed by atoms with Crippen LogP contribution >= 0.6 is 0 Å². The maximum Gasteiger partial charge on any atom is 0.306 e. The van der Waals surface area contributed by atoms with Gasteiger partial charge < -0.3 is 14.4 Å². The highest BCUT2D eigenvalue weighted by molar-refractivity contribution is 5.69. The zero-order chi connectivity index (χ0) is 28.8. The van der Waals surface area contributed by atoms with E-state index < -0.39 is 0 Å². The first-order valence-corrected chi connectivity index (χ1v) is 16.6. The number of rotatable bonds is 29. The van der Waals surface area contributed by atoms with Gasteiger partial charge in [-0.25, -0.2) is 0 Å². The van der Waals surface area contributed by atoms with Crippen molar-refractivity contribution in [3.05, 3.63) is 12.2 Å². The minimum absolute atomic E-state index is 0.0166. The Morgan fingerprint density at radius 1 is 0.615 bits per heavy atom. The molecule has 0 amide bonds. The third kappa shape index (κ3) is 29.4. The Labute approximate surface area is 242 Å². The van der Waals surface area contributed by atoms with Crippen molar-refractivity contribution in [2.24, 2.45) is 0 Å². The summed E-state index contributed by atoms with van der Waals surface area (Å²) in [6.45, 7) is 5.78. The van der Waals surface area contributed by atoms with Crippen molar-refractivity contribution in [1.29, 1.82) is 0 Å². The fourth-order valence-electron chi connectivity index (χ4n) is 4.80. The number of nitrogens with zero attached hydrogens (tertiary/aromatic N) is 1. The SMILES string of the molecule is CCCCC=CCOC(=O)CCCCCCCCCCC(CCCCCCCCC)OC(=O)CCCN(C)C. The lowest BCUT2D eigenvalue weighted by molar-refractivity contribution is -0.150. The average molecular weight is 552 g/mol. The number of carbonyl (C=O) groups excluding carboxylic acids is 2. The fourth-order valence-corrected chi connectivity index (χ4v) is 4.80. The van der Waals surface area contributed by atoms with Crippen LogP contribution in [-0.4, -0.2) is 50.2 Å². The van der Waals surface area contributed by atoms with E-state index >= 15 is 0 Å². The zero-order valence-electron chi connectivity index (χ0n) is 26.5. The van der Waals surface area contributed by atoms with Crippen LogP contribution in [0.1, 0.15) is 162 Å². The lowest BCUT2D eigenvalue weighted by atomic mass is 10.0. The highest BCUT2D eigenvalue weighted by atomic mass is 16.5. The van der Waals surface area contributed by atoms with Gasteiger partial charge in [0, 0.05) is 12.8 Å². The van der Waals surface area contributed by atoms with Crippen molar-refractivity contribution in [1.82, 2.24) is 4.90 Å². The Kier molecular flexibility index (Phi) is 28.6. The van der Waals surface area contributed by atoms with E-state index in [-0.39, 0.29) is 18.0 Å². The van der Waals surface area contributed by atoms with Crippen LogP contribution in [0.5, 0.6) is 0 Å². The molecule has 5 heteroatoms. The molecular weight excluding hydrogens is 486 g/mol. The van der Waals surface area contributed by atoms with Gasteiger partial charge >= 0.3 is 11.9 Å². The van der Waals surface area contributed by atoms with E-state index in [2.05, 4.69) is 24.8 Å². The molecule has 39 heavy (non-hydrogen) atoms. The van der Waals surface area contributed by atoms with Gasteiger partial charge in [-0.05, 0) is 65.6 Å². The predicted octanol–water partition coefficient (Wildman–Crippen LogP) is 9.57. The lowest BCUT2D eigenvalue weighted by Crippen LogP contribution is -2.20. The first-order valence-electron chi connectivity index (χ1n) is 16.6. The Balaban J connectivity index is 3.91. The first-order chi connectivity index (χ1) is 19.0. The number of allylic oxidation sites excluding steroid dienone is 1. The molecule has 0 aromatic carbocycles. The van der Waals surface area contributed by atoms with Gasteiger partial charge in [-0.1, -0.05) is 116 Å². The molecule has 0 aliphatic carbocycles. The van der Waals surface area contributed by atoms with Gasteiger partial charge in [-0.2, -0.15) is 0 Å². The normalized spacial score (nSPS) is 12.3. The van der Waals surface area contributed by atoms with Crippen LogP contribution in [0.2, 0.25) is 0 Å². The molecule has 0 saturated heterocycles. The van der Waals surface area contributed by atoms with E-state index in [1.165, 1.54) is 89.9 Å². The summed E-state index contributed by atoms with van der Waals surface area (Å²) in [5, 5.41) is 0. The van der Waals surface area contributed by atoms with Crippen LogP contribution in [0, 0.1) is 0 Å². The van der Waals surface area contributed by atoms with Crippen LogP contribution in [-0.2, 0) is 19.1 Å². The summed E-state index contributed by atoms with van der Waals surface area (Å²) < 4.78 is 11.2. The van der Waals surface area contributed by atoms with E-state index in [0.717, 1.165) is 51.5 Å². The minimum atomic E-state index is -0.0698. The molecule has 0 N–H and O–H groups in total. The Hall–Kier alpha value is -1.36. The van der Waals surface area contributed by atoms with E-state index in [1.807, 2.05) is 20.2 Å². The van der Waals surface area contributed by atoms with Crippen molar-refractivity contribution in [2.75, 3.05) is 27.2 Å². The van der Waals surface area contributed by atoms with Gasteiger partial charge in [0.05, 0.1) is 0 Å². The molecule has 0 radical (unpaired) electrons. The second-order valence-corrected chi connectivity index (χ2v) is 11.6. The number of carbonyl (C=O) groups is 2. The third-order valence-corrected chi connectivity index (χ3v) is 7.30. The molecule has 1 atom stereocenters. The molecule has 0 bridgehead atoms. The number of esters is 2. The number of ether oxygens (including phenoxy) is 2. The van der Waals surface area contributed by atoms with Gasteiger partial charge in [0.2, 0.25) is 0 Å². The van der Waals surface area contributed by atoms with Crippen LogP contribution in [0.25, 0.3) is 0 Å². The topological polar surface area (TPSA) is 55.8 Å². The molecule has 0 aliphatic heterocycles. The van der Waals surface area contributed by atoms with E-state index in [0.29, 0.717) is 19.4 Å². The molecule has 0 aromatic rings.